The van der Waals surface area contributed by atoms with Crippen LogP contribution in [0.2, 0.25) is 5.02 Å². The number of hydrogen-bond acceptors (Lipinski definition) is 6. The molecule has 8 heteroatoms. The van der Waals surface area contributed by atoms with E-state index in [0.717, 1.165) is 0 Å². The van der Waals surface area contributed by atoms with E-state index in [4.69, 9.17) is 26.8 Å². The third kappa shape index (κ3) is 1.40. The number of halogens is 2. The summed E-state index contributed by atoms with van der Waals surface area (Å²) < 4.78 is 25.4. The Balaban J connectivity index is 1.92. The van der Waals surface area contributed by atoms with E-state index in [1.54, 1.807) is 13.0 Å². The minimum absolute atomic E-state index is 0.0268. The molecule has 0 aromatic heterocycles. The monoisotopic (exact) mass is 346 g/mol. The Labute approximate surface area is 142 Å². The number of hydrogen-bond donors (Lipinski definition) is 1. The van der Waals surface area contributed by atoms with Gasteiger partial charge in [-0.15, -0.1) is 0 Å². The maximum atomic E-state index is 13.9. The fourth-order valence-electron chi connectivity index (χ4n) is 4.05. The second kappa shape index (κ2) is 4.46. The van der Waals surface area contributed by atoms with Crippen LogP contribution in [0.15, 0.2) is 23.2 Å². The van der Waals surface area contributed by atoms with Crippen molar-refractivity contribution in [3.05, 3.63) is 34.6 Å². The van der Waals surface area contributed by atoms with E-state index in [1.165, 1.54) is 12.1 Å². The third-order valence-corrected chi connectivity index (χ3v) is 5.39. The van der Waals surface area contributed by atoms with Crippen LogP contribution in [0.1, 0.15) is 18.4 Å². The van der Waals surface area contributed by atoms with Gasteiger partial charge in [0.25, 0.3) is 5.91 Å². The van der Waals surface area contributed by atoms with Crippen molar-refractivity contribution in [3.8, 4) is 12.1 Å². The molecule has 2 heterocycles. The summed E-state index contributed by atoms with van der Waals surface area (Å²) in [5.41, 5.74) is 3.59. The SMILES string of the molecule is CC1COC2(N=C(N)C3(C#N)C(c4ccc(Cl)c(F)c4)C23C#N)O1. The van der Waals surface area contributed by atoms with Gasteiger partial charge in [0.1, 0.15) is 17.1 Å². The van der Waals surface area contributed by atoms with Crippen LogP contribution >= 0.6 is 11.6 Å². The number of nitrogens with two attached hydrogens (primary N) is 1. The Kier molecular flexibility index (Phi) is 2.85. The highest BCUT2D eigenvalue weighted by Crippen LogP contribution is 2.82. The zero-order valence-corrected chi connectivity index (χ0v) is 13.3. The van der Waals surface area contributed by atoms with E-state index in [1.807, 2.05) is 0 Å². The number of rotatable bonds is 1. The molecule has 1 spiro atoms. The second-order valence-electron chi connectivity index (χ2n) is 6.26. The summed E-state index contributed by atoms with van der Waals surface area (Å²) in [5, 5.41) is 19.7. The first-order valence-electron chi connectivity index (χ1n) is 7.33. The predicted octanol–water partition coefficient (Wildman–Crippen LogP) is 2.06. The summed E-state index contributed by atoms with van der Waals surface area (Å²) in [6, 6.07) is 8.43. The summed E-state index contributed by atoms with van der Waals surface area (Å²) in [5.74, 6) is -3.01. The molecule has 5 atom stereocenters. The molecule has 122 valence electrons. The molecule has 6 nitrogen and oxygen atoms in total. The maximum absolute atomic E-state index is 13.9. The molecule has 4 rings (SSSR count). The first-order chi connectivity index (χ1) is 11.4. The molecule has 2 N–H and O–H groups in total. The first kappa shape index (κ1) is 15.3. The molecule has 2 aliphatic heterocycles. The number of amidine groups is 1. The van der Waals surface area contributed by atoms with Crippen LogP contribution in [0.3, 0.4) is 0 Å². The highest BCUT2D eigenvalue weighted by atomic mass is 35.5. The van der Waals surface area contributed by atoms with Crippen LogP contribution in [0, 0.1) is 39.3 Å². The molecule has 1 aliphatic carbocycles. The predicted molar refractivity (Wildman–Crippen MR) is 81.1 cm³/mol. The average molecular weight is 347 g/mol. The Morgan fingerprint density at radius 2 is 2.17 bits per heavy atom. The molecule has 0 bridgehead atoms. The summed E-state index contributed by atoms with van der Waals surface area (Å²) in [6.07, 6.45) is -0.301. The van der Waals surface area contributed by atoms with Crippen molar-refractivity contribution in [2.45, 2.75) is 24.9 Å². The summed E-state index contributed by atoms with van der Waals surface area (Å²) in [6.45, 7) is 2.00. The molecule has 2 fully saturated rings. The first-order valence-corrected chi connectivity index (χ1v) is 7.71. The Morgan fingerprint density at radius 3 is 2.71 bits per heavy atom. The van der Waals surface area contributed by atoms with Gasteiger partial charge in [0.05, 0.1) is 29.9 Å². The zero-order chi connectivity index (χ0) is 17.3. The Hall–Kier alpha value is -2.19. The Bertz CT molecular complexity index is 878. The van der Waals surface area contributed by atoms with Gasteiger partial charge in [0, 0.05) is 5.92 Å². The van der Waals surface area contributed by atoms with Crippen molar-refractivity contribution in [1.82, 2.24) is 0 Å². The molecule has 1 aromatic rings. The number of ether oxygens (including phenoxy) is 2. The van der Waals surface area contributed by atoms with Crippen molar-refractivity contribution in [3.63, 3.8) is 0 Å². The lowest BCUT2D eigenvalue weighted by atomic mass is 9.94. The molecule has 5 unspecified atom stereocenters. The van der Waals surface area contributed by atoms with Crippen LogP contribution in [-0.2, 0) is 9.47 Å². The average Bonchev–Trinajstić information content (AvgIpc) is 2.95. The summed E-state index contributed by atoms with van der Waals surface area (Å²) in [7, 11) is 0. The van der Waals surface area contributed by atoms with Crippen molar-refractivity contribution in [2.75, 3.05) is 6.61 Å². The quantitative estimate of drug-likeness (QED) is 0.838. The van der Waals surface area contributed by atoms with Crippen molar-refractivity contribution in [1.29, 1.82) is 10.5 Å². The summed E-state index contributed by atoms with van der Waals surface area (Å²) in [4.78, 5) is 4.19. The van der Waals surface area contributed by atoms with Gasteiger partial charge in [-0.2, -0.15) is 10.5 Å². The summed E-state index contributed by atoms with van der Waals surface area (Å²) >= 11 is 5.73. The molecule has 1 saturated heterocycles. The van der Waals surface area contributed by atoms with E-state index in [-0.39, 0.29) is 23.6 Å². The molecule has 1 aromatic carbocycles. The normalized spacial score (nSPS) is 42.3. The van der Waals surface area contributed by atoms with Gasteiger partial charge in [-0.3, -0.25) is 0 Å². The van der Waals surface area contributed by atoms with E-state index in [9.17, 15) is 14.9 Å². The highest BCUT2D eigenvalue weighted by Gasteiger charge is 2.94. The number of fused-ring (bicyclic) bond motifs is 2. The van der Waals surface area contributed by atoms with Gasteiger partial charge in [-0.1, -0.05) is 17.7 Å². The van der Waals surface area contributed by atoms with E-state index >= 15 is 0 Å². The van der Waals surface area contributed by atoms with Gasteiger partial charge >= 0.3 is 0 Å². The minimum Gasteiger partial charge on any atom is -0.386 e. The van der Waals surface area contributed by atoms with Crippen molar-refractivity contribution >= 4 is 17.4 Å². The lowest BCUT2D eigenvalue weighted by Crippen LogP contribution is -2.39. The molecular weight excluding hydrogens is 335 g/mol. The van der Waals surface area contributed by atoms with E-state index < -0.39 is 28.5 Å². The minimum atomic E-state index is -1.64. The van der Waals surface area contributed by atoms with Gasteiger partial charge in [0.15, 0.2) is 5.41 Å². The lowest BCUT2D eigenvalue weighted by Gasteiger charge is -2.26. The molecule has 3 aliphatic rings. The zero-order valence-electron chi connectivity index (χ0n) is 12.6. The molecule has 24 heavy (non-hydrogen) atoms. The second-order valence-corrected chi connectivity index (χ2v) is 6.67. The van der Waals surface area contributed by atoms with Crippen LogP contribution in [0.25, 0.3) is 0 Å². The van der Waals surface area contributed by atoms with Crippen molar-refractivity contribution < 1.29 is 13.9 Å². The molecular formula is C16H12ClFN4O2. The van der Waals surface area contributed by atoms with Crippen LogP contribution in [-0.4, -0.2) is 24.5 Å². The molecule has 0 amide bonds. The number of aliphatic imine (C=N–C) groups is 1. The Morgan fingerprint density at radius 1 is 1.42 bits per heavy atom. The fraction of sp³-hybridized carbons (Fsp3) is 0.438. The number of nitriles is 2. The molecule has 1 saturated carbocycles. The fourth-order valence-corrected chi connectivity index (χ4v) is 4.17. The lowest BCUT2D eigenvalue weighted by molar-refractivity contribution is -0.193. The van der Waals surface area contributed by atoms with Gasteiger partial charge in [-0.25, -0.2) is 9.38 Å². The van der Waals surface area contributed by atoms with Gasteiger partial charge in [-0.05, 0) is 24.6 Å². The molecule has 0 radical (unpaired) electrons. The van der Waals surface area contributed by atoms with Gasteiger partial charge in [0.2, 0.25) is 0 Å². The number of nitrogens with zero attached hydrogens (tertiary/aromatic N) is 3. The van der Waals surface area contributed by atoms with E-state index in [0.29, 0.717) is 5.56 Å². The standard InChI is InChI=1S/C16H12ClFN4O2/c1-8-5-23-16(24-8)15(7-20)12(14(15,6-19)13(21)22-16)9-2-3-10(17)11(18)4-9/h2-4,8,12H,5H2,1H3,(H2,21,22). The maximum Gasteiger partial charge on any atom is 0.293 e. The van der Waals surface area contributed by atoms with Crippen molar-refractivity contribution in [2.24, 2.45) is 21.6 Å². The van der Waals surface area contributed by atoms with Gasteiger partial charge < -0.3 is 15.2 Å². The number of benzene rings is 1. The van der Waals surface area contributed by atoms with Crippen LogP contribution in [0.4, 0.5) is 4.39 Å². The highest BCUT2D eigenvalue weighted by molar-refractivity contribution is 6.30. The smallest absolute Gasteiger partial charge is 0.293 e. The topological polar surface area (TPSA) is 104 Å². The van der Waals surface area contributed by atoms with Crippen LogP contribution in [0.5, 0.6) is 0 Å². The largest absolute Gasteiger partial charge is 0.386 e. The van der Waals surface area contributed by atoms with E-state index in [2.05, 4.69) is 17.1 Å². The van der Waals surface area contributed by atoms with Crippen LogP contribution < -0.4 is 5.73 Å². The third-order valence-electron chi connectivity index (χ3n) is 5.08.